The molecule has 4 N–H and O–H groups in total. The molecule has 1 aromatic heterocycles. The Morgan fingerprint density at radius 2 is 1.81 bits per heavy atom. The minimum Gasteiger partial charge on any atom is -0.397 e. The molecule has 7 rings (SSSR count). The highest BCUT2D eigenvalue weighted by Gasteiger charge is 2.45. The Bertz CT molecular complexity index is 1580. The van der Waals surface area contributed by atoms with E-state index in [-0.39, 0.29) is 30.4 Å². The second-order valence-corrected chi connectivity index (χ2v) is 15.1. The predicted molar refractivity (Wildman–Crippen MR) is 184 cm³/mol. The number of piperidine rings is 2. The van der Waals surface area contributed by atoms with Crippen molar-refractivity contribution in [3.63, 3.8) is 0 Å². The Morgan fingerprint density at radius 3 is 2.49 bits per heavy atom. The normalized spacial score (nSPS) is 24.6. The van der Waals surface area contributed by atoms with E-state index in [2.05, 4.69) is 33.4 Å². The van der Waals surface area contributed by atoms with Gasteiger partial charge in [0.15, 0.2) is 0 Å². The van der Waals surface area contributed by atoms with Crippen LogP contribution in [0, 0.1) is 12.3 Å². The number of nitrogens with two attached hydrogens (primary N) is 1. The van der Waals surface area contributed by atoms with Gasteiger partial charge in [-0.05, 0) is 68.3 Å². The lowest BCUT2D eigenvalue weighted by Gasteiger charge is -2.43. The minimum atomic E-state index is -0.788. The van der Waals surface area contributed by atoms with Crippen molar-refractivity contribution in [3.8, 4) is 12.3 Å². The quantitative estimate of drug-likeness (QED) is 0.318. The summed E-state index contributed by atoms with van der Waals surface area (Å²) in [7, 11) is 2.22. The number of hydrogen-bond acceptors (Lipinski definition) is 7. The number of carbonyl (C=O) groups excluding carboxylic acids is 3. The van der Waals surface area contributed by atoms with E-state index in [9.17, 15) is 14.4 Å². The number of urea groups is 2. The monoisotopic (exact) mass is 678 g/mol. The number of anilines is 2. The van der Waals surface area contributed by atoms with Gasteiger partial charge < -0.3 is 36.0 Å². The molecule has 5 amide bonds. The summed E-state index contributed by atoms with van der Waals surface area (Å²) in [5, 5.41) is 8.38. The van der Waals surface area contributed by atoms with Crippen LogP contribution in [0.1, 0.15) is 48.1 Å². The highest BCUT2D eigenvalue weighted by molar-refractivity contribution is 7.10. The predicted octanol–water partition coefficient (Wildman–Crippen LogP) is 3.48. The number of fused-ring (bicyclic) bond motifs is 3. The van der Waals surface area contributed by atoms with Crippen LogP contribution in [0.3, 0.4) is 0 Å². The van der Waals surface area contributed by atoms with Crippen molar-refractivity contribution >= 4 is 52.3 Å². The number of nitrogens with zero attached hydrogens (tertiary/aromatic N) is 5. The molecular formula is C34H43ClN8O3S. The van der Waals surface area contributed by atoms with Crippen molar-refractivity contribution < 1.29 is 14.4 Å². The zero-order valence-electron chi connectivity index (χ0n) is 26.8. The molecule has 4 fully saturated rings. The lowest BCUT2D eigenvalue weighted by Crippen LogP contribution is -2.58. The van der Waals surface area contributed by atoms with Crippen molar-refractivity contribution in [2.24, 2.45) is 0 Å². The fraction of sp³-hybridized carbons (Fsp3) is 0.559. The molecule has 0 spiro atoms. The topological polar surface area (TPSA) is 117 Å². The highest BCUT2D eigenvalue weighted by atomic mass is 35.5. The van der Waals surface area contributed by atoms with Crippen molar-refractivity contribution in [2.45, 2.75) is 75.3 Å². The molecule has 250 valence electrons. The number of nitrogen functional groups attached to an aromatic ring is 1. The third-order valence-corrected chi connectivity index (χ3v) is 12.2. The van der Waals surface area contributed by atoms with E-state index in [1.807, 2.05) is 21.2 Å². The second-order valence-electron chi connectivity index (χ2n) is 13.7. The number of carbonyl (C=O) groups is 3. The number of likely N-dealkylation sites (N-methyl/N-ethyl adjacent to an activating group) is 1. The molecule has 2 aromatic rings. The van der Waals surface area contributed by atoms with Gasteiger partial charge >= 0.3 is 12.1 Å². The van der Waals surface area contributed by atoms with Crippen molar-refractivity contribution in [2.75, 3.05) is 57.4 Å². The molecule has 0 saturated carbocycles. The number of hydrogen-bond donors (Lipinski definition) is 3. The van der Waals surface area contributed by atoms with Gasteiger partial charge in [-0.15, -0.1) is 17.8 Å². The van der Waals surface area contributed by atoms with Gasteiger partial charge in [-0.1, -0.05) is 17.5 Å². The van der Waals surface area contributed by atoms with Gasteiger partial charge in [0.2, 0.25) is 5.91 Å². The van der Waals surface area contributed by atoms with Gasteiger partial charge in [-0.3, -0.25) is 9.69 Å². The van der Waals surface area contributed by atoms with Crippen LogP contribution < -0.4 is 16.4 Å². The number of piperazine rings is 1. The van der Waals surface area contributed by atoms with Crippen molar-refractivity contribution in [1.29, 1.82) is 0 Å². The molecule has 6 heterocycles. The molecule has 13 heteroatoms. The maximum Gasteiger partial charge on any atom is 0.322 e. The van der Waals surface area contributed by atoms with Gasteiger partial charge in [-0.2, -0.15) is 0 Å². The lowest BCUT2D eigenvalue weighted by atomic mass is 9.98. The smallest absolute Gasteiger partial charge is 0.322 e. The van der Waals surface area contributed by atoms with Crippen LogP contribution in [0.4, 0.5) is 21.0 Å². The average Bonchev–Trinajstić information content (AvgIpc) is 3.81. The van der Waals surface area contributed by atoms with Gasteiger partial charge in [0.25, 0.3) is 0 Å². The lowest BCUT2D eigenvalue weighted by molar-refractivity contribution is -0.135. The fourth-order valence-corrected chi connectivity index (χ4v) is 9.30. The first-order valence-corrected chi connectivity index (χ1v) is 17.9. The van der Waals surface area contributed by atoms with Crippen LogP contribution in [0.25, 0.3) is 0 Å². The Hall–Kier alpha value is -3.50. The van der Waals surface area contributed by atoms with Crippen LogP contribution in [0.15, 0.2) is 23.6 Å². The molecular weight excluding hydrogens is 636 g/mol. The van der Waals surface area contributed by atoms with E-state index >= 15 is 0 Å². The molecule has 2 bridgehead atoms. The largest absolute Gasteiger partial charge is 0.397 e. The first-order chi connectivity index (χ1) is 22.7. The summed E-state index contributed by atoms with van der Waals surface area (Å²) < 4.78 is 0. The van der Waals surface area contributed by atoms with Crippen LogP contribution in [-0.2, 0) is 17.8 Å². The van der Waals surface area contributed by atoms with E-state index in [0.29, 0.717) is 80.0 Å². The summed E-state index contributed by atoms with van der Waals surface area (Å²) in [6.07, 6.45) is 10.4. The zero-order chi connectivity index (χ0) is 32.8. The molecule has 4 saturated heterocycles. The Balaban J connectivity index is 1.00. The Kier molecular flexibility index (Phi) is 9.00. The fourth-order valence-electron chi connectivity index (χ4n) is 8.23. The number of rotatable bonds is 6. The van der Waals surface area contributed by atoms with E-state index in [1.54, 1.807) is 28.4 Å². The molecule has 2 unspecified atom stereocenters. The first kappa shape index (κ1) is 32.1. The minimum absolute atomic E-state index is 0.0401. The third-order valence-electron chi connectivity index (χ3n) is 10.9. The second kappa shape index (κ2) is 13.2. The van der Waals surface area contributed by atoms with Crippen LogP contribution >= 0.6 is 22.9 Å². The molecule has 0 aliphatic carbocycles. The van der Waals surface area contributed by atoms with Gasteiger partial charge in [0.05, 0.1) is 22.9 Å². The SMILES string of the molecule is C#Cc1cc(C[C@@H](NC(=O)N2CCC(N3Cc4sccc4NC3=O)CC2)C(=O)N2CCC(N3CC4CC3CN4C)CC2)cc(Cl)c1N. The molecule has 3 atom stereocenters. The number of terminal acetylenes is 1. The summed E-state index contributed by atoms with van der Waals surface area (Å²) in [5.41, 5.74) is 8.50. The number of amides is 5. The summed E-state index contributed by atoms with van der Waals surface area (Å²) in [4.78, 5) is 52.4. The summed E-state index contributed by atoms with van der Waals surface area (Å²) in [6, 6.07) is 6.06. The van der Waals surface area contributed by atoms with E-state index in [4.69, 9.17) is 23.8 Å². The Morgan fingerprint density at radius 1 is 1.09 bits per heavy atom. The van der Waals surface area contributed by atoms with Gasteiger partial charge in [0.1, 0.15) is 6.04 Å². The summed E-state index contributed by atoms with van der Waals surface area (Å²) >= 11 is 8.05. The van der Waals surface area contributed by atoms with Crippen molar-refractivity contribution in [1.82, 2.24) is 29.8 Å². The molecule has 5 aliphatic rings. The standard InChI is InChI=1S/C34H43ClN8O3S/c1-3-22-14-21(15-27(35)31(22)36)16-29(32(44)40-9-4-23(5-10-40)42-19-25-17-26(42)18-39(25)2)38-33(45)41-11-6-24(7-12-41)43-20-30-28(8-13-47-30)37-34(43)46/h1,8,13-15,23-26,29H,4-7,9-12,16-20,36H2,2H3,(H,37,46)(H,38,45)/t25?,26?,29-/m1/s1. The zero-order valence-corrected chi connectivity index (χ0v) is 28.4. The van der Waals surface area contributed by atoms with Gasteiger partial charge in [-0.25, -0.2) is 9.59 Å². The number of halogens is 1. The van der Waals surface area contributed by atoms with Crippen LogP contribution in [0.5, 0.6) is 0 Å². The Labute approximate surface area is 285 Å². The third kappa shape index (κ3) is 6.38. The van der Waals surface area contributed by atoms with E-state index in [0.717, 1.165) is 42.1 Å². The molecule has 11 nitrogen and oxygen atoms in total. The van der Waals surface area contributed by atoms with Crippen molar-refractivity contribution in [3.05, 3.63) is 44.6 Å². The van der Waals surface area contributed by atoms with Gasteiger partial charge in [0, 0.05) is 80.3 Å². The number of likely N-dealkylation sites (tertiary alicyclic amines) is 4. The number of thiophene rings is 1. The summed E-state index contributed by atoms with van der Waals surface area (Å²) in [5.74, 6) is 2.48. The highest BCUT2D eigenvalue weighted by Crippen LogP contribution is 2.34. The number of benzene rings is 1. The van der Waals surface area contributed by atoms with Crippen LogP contribution in [-0.4, -0.2) is 119 Å². The first-order valence-electron chi connectivity index (χ1n) is 16.7. The molecule has 5 aliphatic heterocycles. The number of nitrogens with one attached hydrogen (secondary N) is 2. The summed E-state index contributed by atoms with van der Waals surface area (Å²) in [6.45, 7) is 5.13. The maximum atomic E-state index is 14.1. The van der Waals surface area contributed by atoms with Crippen LogP contribution in [0.2, 0.25) is 5.02 Å². The molecule has 1 aromatic carbocycles. The molecule has 0 radical (unpaired) electrons. The van der Waals surface area contributed by atoms with E-state index in [1.165, 1.54) is 6.42 Å². The maximum absolute atomic E-state index is 14.1. The average molecular weight is 679 g/mol. The van der Waals surface area contributed by atoms with E-state index < -0.39 is 6.04 Å². The molecule has 47 heavy (non-hydrogen) atoms.